The number of carbonyl (C=O) groups excluding carboxylic acids is 2. The number of nitrogens with one attached hydrogen (secondary N) is 1. The number of allylic oxidation sites excluding steroid dienone is 1. The molecule has 1 atom stereocenters. The van der Waals surface area contributed by atoms with Gasteiger partial charge in [-0.25, -0.2) is 0 Å². The topological polar surface area (TPSA) is 49.4 Å². The van der Waals surface area contributed by atoms with Crippen molar-refractivity contribution in [3.05, 3.63) is 11.6 Å². The molecule has 0 aliphatic carbocycles. The smallest absolute Gasteiger partial charge is 0.245 e. The third-order valence-electron chi connectivity index (χ3n) is 3.06. The van der Waals surface area contributed by atoms with E-state index in [-0.39, 0.29) is 17.2 Å². The van der Waals surface area contributed by atoms with E-state index in [1.165, 1.54) is 5.57 Å². The Kier molecular flexibility index (Phi) is 4.54. The van der Waals surface area contributed by atoms with Crippen molar-refractivity contribution in [2.75, 3.05) is 13.1 Å². The number of nitrogens with zero attached hydrogens (tertiary/aromatic N) is 1. The van der Waals surface area contributed by atoms with Crippen molar-refractivity contribution in [3.63, 3.8) is 0 Å². The first-order valence-corrected chi connectivity index (χ1v) is 6.43. The van der Waals surface area contributed by atoms with E-state index in [1.807, 2.05) is 40.7 Å². The second kappa shape index (κ2) is 5.55. The Balaban J connectivity index is 2.90. The van der Waals surface area contributed by atoms with Gasteiger partial charge in [0.25, 0.3) is 0 Å². The van der Waals surface area contributed by atoms with E-state index < -0.39 is 6.04 Å². The van der Waals surface area contributed by atoms with Crippen molar-refractivity contribution in [2.24, 2.45) is 5.41 Å². The third kappa shape index (κ3) is 3.86. The zero-order valence-corrected chi connectivity index (χ0v) is 12.0. The first-order valence-electron chi connectivity index (χ1n) is 6.43. The van der Waals surface area contributed by atoms with Gasteiger partial charge >= 0.3 is 0 Å². The third-order valence-corrected chi connectivity index (χ3v) is 3.06. The molecule has 1 fully saturated rings. The average molecular weight is 252 g/mol. The lowest BCUT2D eigenvalue weighted by Gasteiger charge is -2.32. The largest absolute Gasteiger partial charge is 0.344 e. The van der Waals surface area contributed by atoms with Gasteiger partial charge in [0.05, 0.1) is 0 Å². The zero-order valence-electron chi connectivity index (χ0n) is 12.0. The molecule has 18 heavy (non-hydrogen) atoms. The molecule has 2 amide bonds. The summed E-state index contributed by atoms with van der Waals surface area (Å²) >= 11 is 0. The second-order valence-corrected chi connectivity index (χ2v) is 6.18. The molecule has 1 N–H and O–H groups in total. The maximum absolute atomic E-state index is 12.4. The lowest BCUT2D eigenvalue weighted by Crippen LogP contribution is -2.51. The molecule has 1 rings (SSSR count). The molecule has 1 heterocycles. The fourth-order valence-corrected chi connectivity index (χ4v) is 1.89. The maximum atomic E-state index is 12.4. The molecular weight excluding hydrogens is 228 g/mol. The molecule has 1 aliphatic rings. The molecule has 0 aromatic carbocycles. The van der Waals surface area contributed by atoms with Gasteiger partial charge in [-0.1, -0.05) is 32.4 Å². The molecule has 0 aromatic rings. The Morgan fingerprint density at radius 3 is 2.50 bits per heavy atom. The number of carbonyl (C=O) groups is 2. The van der Waals surface area contributed by atoms with Crippen LogP contribution in [-0.2, 0) is 9.59 Å². The van der Waals surface area contributed by atoms with Crippen LogP contribution in [0.25, 0.3) is 0 Å². The summed E-state index contributed by atoms with van der Waals surface area (Å²) in [7, 11) is 0. The normalized spacial score (nSPS) is 21.4. The average Bonchev–Trinajstić information content (AvgIpc) is 2.36. The summed E-state index contributed by atoms with van der Waals surface area (Å²) < 4.78 is 0. The molecule has 0 radical (unpaired) electrons. The van der Waals surface area contributed by atoms with Crippen LogP contribution in [0, 0.1) is 5.41 Å². The molecule has 1 saturated heterocycles. The van der Waals surface area contributed by atoms with E-state index in [0.717, 1.165) is 0 Å². The highest BCUT2D eigenvalue weighted by atomic mass is 16.2. The highest BCUT2D eigenvalue weighted by molar-refractivity contribution is 5.90. The Morgan fingerprint density at radius 2 is 2.00 bits per heavy atom. The van der Waals surface area contributed by atoms with E-state index in [0.29, 0.717) is 19.5 Å². The minimum Gasteiger partial charge on any atom is -0.344 e. The lowest BCUT2D eigenvalue weighted by molar-refractivity contribution is -0.135. The maximum Gasteiger partial charge on any atom is 0.245 e. The van der Waals surface area contributed by atoms with Crippen molar-refractivity contribution in [3.8, 4) is 0 Å². The number of amides is 2. The molecule has 0 bridgehead atoms. The number of hydrogen-bond acceptors (Lipinski definition) is 2. The highest BCUT2D eigenvalue weighted by Gasteiger charge is 2.37. The van der Waals surface area contributed by atoms with Gasteiger partial charge < -0.3 is 10.2 Å². The van der Waals surface area contributed by atoms with Crippen LogP contribution in [0.1, 0.15) is 41.0 Å². The fraction of sp³-hybridized carbons (Fsp3) is 0.714. The molecule has 102 valence electrons. The van der Waals surface area contributed by atoms with Crippen LogP contribution in [0.5, 0.6) is 0 Å². The summed E-state index contributed by atoms with van der Waals surface area (Å²) in [6, 6.07) is -0.432. The summed E-state index contributed by atoms with van der Waals surface area (Å²) in [5.41, 5.74) is 0.916. The monoisotopic (exact) mass is 252 g/mol. The fourth-order valence-electron chi connectivity index (χ4n) is 1.89. The summed E-state index contributed by atoms with van der Waals surface area (Å²) in [5.74, 6) is -0.0196. The first kappa shape index (κ1) is 14.7. The summed E-state index contributed by atoms with van der Waals surface area (Å²) in [4.78, 5) is 25.9. The standard InChI is InChI=1S/C14H24N2O2/c1-10(2)6-8-16-9-7-11(17)15-12(13(16)18)14(3,4)5/h6,12H,7-9H2,1-5H3,(H,15,17). The van der Waals surface area contributed by atoms with Crippen LogP contribution < -0.4 is 5.32 Å². The van der Waals surface area contributed by atoms with Gasteiger partial charge in [0.1, 0.15) is 6.04 Å². The van der Waals surface area contributed by atoms with Crippen molar-refractivity contribution >= 4 is 11.8 Å². The minimum absolute atomic E-state index is 0.0193. The van der Waals surface area contributed by atoms with Crippen LogP contribution >= 0.6 is 0 Å². The van der Waals surface area contributed by atoms with Crippen molar-refractivity contribution in [1.29, 1.82) is 0 Å². The minimum atomic E-state index is -0.432. The molecule has 0 spiro atoms. The van der Waals surface area contributed by atoms with E-state index in [2.05, 4.69) is 5.32 Å². The summed E-state index contributed by atoms with van der Waals surface area (Å²) in [5, 5.41) is 2.84. The predicted octanol–water partition coefficient (Wildman–Crippen LogP) is 1.72. The van der Waals surface area contributed by atoms with E-state index in [4.69, 9.17) is 0 Å². The van der Waals surface area contributed by atoms with Crippen LogP contribution in [0.4, 0.5) is 0 Å². The molecule has 4 nitrogen and oxygen atoms in total. The molecule has 1 unspecified atom stereocenters. The van der Waals surface area contributed by atoms with Gasteiger partial charge in [-0.15, -0.1) is 0 Å². The highest BCUT2D eigenvalue weighted by Crippen LogP contribution is 2.23. The quantitative estimate of drug-likeness (QED) is 0.761. The predicted molar refractivity (Wildman–Crippen MR) is 72.0 cm³/mol. The lowest BCUT2D eigenvalue weighted by atomic mass is 9.86. The van der Waals surface area contributed by atoms with Gasteiger partial charge in [0, 0.05) is 19.5 Å². The zero-order chi connectivity index (χ0) is 13.9. The van der Waals surface area contributed by atoms with Crippen molar-refractivity contribution in [2.45, 2.75) is 47.1 Å². The molecule has 0 saturated carbocycles. The Bertz CT molecular complexity index is 362. The summed E-state index contributed by atoms with van der Waals surface area (Å²) in [6.45, 7) is 11.0. The Hall–Kier alpha value is -1.32. The van der Waals surface area contributed by atoms with Crippen LogP contribution in [0.15, 0.2) is 11.6 Å². The van der Waals surface area contributed by atoms with Gasteiger partial charge in [-0.05, 0) is 19.3 Å². The SMILES string of the molecule is CC(C)=CCN1CCC(=O)NC(C(C)(C)C)C1=O. The van der Waals surface area contributed by atoms with Crippen molar-refractivity contribution < 1.29 is 9.59 Å². The molecule has 4 heteroatoms. The van der Waals surface area contributed by atoms with Crippen LogP contribution in [0.3, 0.4) is 0 Å². The van der Waals surface area contributed by atoms with Gasteiger partial charge in [-0.3, -0.25) is 9.59 Å². The molecule has 0 aromatic heterocycles. The van der Waals surface area contributed by atoms with Gasteiger partial charge in [0.15, 0.2) is 0 Å². The van der Waals surface area contributed by atoms with E-state index in [1.54, 1.807) is 4.90 Å². The van der Waals surface area contributed by atoms with Gasteiger partial charge in [0.2, 0.25) is 11.8 Å². The number of hydrogen-bond donors (Lipinski definition) is 1. The Morgan fingerprint density at radius 1 is 1.39 bits per heavy atom. The van der Waals surface area contributed by atoms with E-state index in [9.17, 15) is 9.59 Å². The first-order chi connectivity index (χ1) is 8.21. The number of rotatable bonds is 2. The summed E-state index contributed by atoms with van der Waals surface area (Å²) in [6.07, 6.45) is 2.41. The second-order valence-electron chi connectivity index (χ2n) is 6.18. The van der Waals surface area contributed by atoms with Gasteiger partial charge in [-0.2, -0.15) is 0 Å². The van der Waals surface area contributed by atoms with Crippen LogP contribution in [0.2, 0.25) is 0 Å². The van der Waals surface area contributed by atoms with E-state index >= 15 is 0 Å². The molecular formula is C14H24N2O2. The van der Waals surface area contributed by atoms with Crippen molar-refractivity contribution in [1.82, 2.24) is 10.2 Å². The Labute approximate surface area is 109 Å². The molecule has 1 aliphatic heterocycles. The van der Waals surface area contributed by atoms with Crippen LogP contribution in [-0.4, -0.2) is 35.8 Å².